The molecule has 0 atom stereocenters. The number of nitrogens with zero attached hydrogens (tertiary/aromatic N) is 4. The van der Waals surface area contributed by atoms with Gasteiger partial charge in [-0.25, -0.2) is 13.4 Å². The molecule has 3 aromatic carbocycles. The Morgan fingerprint density at radius 3 is 2.38 bits per heavy atom. The second-order valence-corrected chi connectivity index (χ2v) is 11.8. The molecule has 1 amide bonds. The number of benzene rings is 3. The summed E-state index contributed by atoms with van der Waals surface area (Å²) >= 11 is 1.50. The van der Waals surface area contributed by atoms with E-state index in [9.17, 15) is 13.2 Å². The maximum Gasteiger partial charge on any atom is 0.264 e. The highest BCUT2D eigenvalue weighted by Crippen LogP contribution is 2.30. The molecule has 1 N–H and O–H groups in total. The van der Waals surface area contributed by atoms with Crippen LogP contribution < -0.4 is 9.62 Å². The average Bonchev–Trinajstić information content (AvgIpc) is 3.47. The molecular weight excluding hydrogens is 506 g/mol. The fraction of sp³-hybridized carbons (Fsp3) is 0.148. The first-order valence-electron chi connectivity index (χ1n) is 11.5. The lowest BCUT2D eigenvalue weighted by molar-refractivity contribution is 0.102. The molecule has 0 radical (unpaired) electrons. The molecule has 0 saturated carbocycles. The first-order chi connectivity index (χ1) is 17.6. The lowest BCUT2D eigenvalue weighted by atomic mass is 10.1. The molecular formula is C27H25N5O3S2. The largest absolute Gasteiger partial charge is 0.306 e. The van der Waals surface area contributed by atoms with Crippen molar-refractivity contribution in [3.05, 3.63) is 95.2 Å². The Morgan fingerprint density at radius 2 is 1.68 bits per heavy atom. The van der Waals surface area contributed by atoms with E-state index >= 15 is 0 Å². The fourth-order valence-corrected chi connectivity index (χ4v) is 6.39. The van der Waals surface area contributed by atoms with E-state index in [1.807, 2.05) is 26.8 Å². The Morgan fingerprint density at radius 1 is 0.973 bits per heavy atom. The zero-order chi connectivity index (χ0) is 26.3. The maximum atomic E-state index is 13.1. The lowest BCUT2D eigenvalue weighted by Gasteiger charge is -2.19. The lowest BCUT2D eigenvalue weighted by Crippen LogP contribution is -2.26. The maximum absolute atomic E-state index is 13.1. The van der Waals surface area contributed by atoms with Gasteiger partial charge in [-0.15, -0.1) is 0 Å². The molecule has 5 rings (SSSR count). The van der Waals surface area contributed by atoms with Gasteiger partial charge >= 0.3 is 0 Å². The first-order valence-corrected chi connectivity index (χ1v) is 13.8. The molecule has 10 heteroatoms. The van der Waals surface area contributed by atoms with E-state index in [0.717, 1.165) is 27.0 Å². The van der Waals surface area contributed by atoms with E-state index in [1.165, 1.54) is 47.0 Å². The highest BCUT2D eigenvalue weighted by Gasteiger charge is 2.22. The highest BCUT2D eigenvalue weighted by molar-refractivity contribution is 7.92. The molecule has 188 valence electrons. The highest BCUT2D eigenvalue weighted by atomic mass is 32.2. The van der Waals surface area contributed by atoms with Gasteiger partial charge in [0.05, 0.1) is 26.5 Å². The van der Waals surface area contributed by atoms with Crippen LogP contribution in [0.3, 0.4) is 0 Å². The number of nitrogens with one attached hydrogen (secondary N) is 1. The van der Waals surface area contributed by atoms with E-state index in [0.29, 0.717) is 22.2 Å². The smallest absolute Gasteiger partial charge is 0.264 e. The number of thiazole rings is 1. The first kappa shape index (κ1) is 24.7. The minimum atomic E-state index is -3.77. The molecule has 37 heavy (non-hydrogen) atoms. The van der Waals surface area contributed by atoms with Crippen LogP contribution in [0.25, 0.3) is 15.3 Å². The Hall–Kier alpha value is -4.02. The average molecular weight is 532 g/mol. The summed E-state index contributed by atoms with van der Waals surface area (Å²) < 4.78 is 30.0. The van der Waals surface area contributed by atoms with Gasteiger partial charge in [0, 0.05) is 18.7 Å². The summed E-state index contributed by atoms with van der Waals surface area (Å²) in [5.74, 6) is 0.103. The van der Waals surface area contributed by atoms with Crippen molar-refractivity contribution in [3.63, 3.8) is 0 Å². The van der Waals surface area contributed by atoms with Gasteiger partial charge in [-0.3, -0.25) is 9.10 Å². The molecule has 8 nitrogen and oxygen atoms in total. The number of carbonyl (C=O) groups excluding carboxylic acids is 1. The number of para-hydroxylation sites is 1. The Labute approximate surface area is 219 Å². The van der Waals surface area contributed by atoms with E-state index < -0.39 is 10.0 Å². The zero-order valence-corrected chi connectivity index (χ0v) is 22.4. The summed E-state index contributed by atoms with van der Waals surface area (Å²) in [5, 5.41) is 8.08. The molecule has 0 unspecified atom stereocenters. The number of carbonyl (C=O) groups is 1. The standard InChI is InChI=1S/C27H25N5O3S2/c1-17-14-18(2)25-23(15-17)36-27(29-25)32-24(16-19(3)30-32)28-26(33)20-10-12-22(13-11-20)37(34,35)31(4)21-8-6-5-7-9-21/h5-16H,1-4H3,(H,28,33). The van der Waals surface area contributed by atoms with Crippen LogP contribution in [-0.4, -0.2) is 36.1 Å². The molecule has 0 aliphatic rings. The fourth-order valence-electron chi connectivity index (χ4n) is 4.09. The molecule has 0 aliphatic carbocycles. The second kappa shape index (κ2) is 9.45. The minimum Gasteiger partial charge on any atom is -0.306 e. The van der Waals surface area contributed by atoms with Gasteiger partial charge in [0.2, 0.25) is 5.13 Å². The molecule has 0 spiro atoms. The number of rotatable bonds is 6. The predicted molar refractivity (Wildman–Crippen MR) is 147 cm³/mol. The molecule has 2 aromatic heterocycles. The van der Waals surface area contributed by atoms with Gasteiger partial charge in [-0.1, -0.05) is 35.6 Å². The SMILES string of the molecule is Cc1cc(C)c2nc(-n3nc(C)cc3NC(=O)c3ccc(S(=O)(=O)N(C)c4ccccc4)cc3)sc2c1. The van der Waals surface area contributed by atoms with E-state index in [2.05, 4.69) is 22.5 Å². The van der Waals surface area contributed by atoms with Crippen molar-refractivity contribution < 1.29 is 13.2 Å². The van der Waals surface area contributed by atoms with Crippen LogP contribution in [0.2, 0.25) is 0 Å². The Balaban J connectivity index is 1.39. The van der Waals surface area contributed by atoms with Crippen molar-refractivity contribution in [2.24, 2.45) is 0 Å². The van der Waals surface area contributed by atoms with Crippen molar-refractivity contribution in [2.45, 2.75) is 25.7 Å². The van der Waals surface area contributed by atoms with Crippen LogP contribution in [0.5, 0.6) is 0 Å². The number of hydrogen-bond donors (Lipinski definition) is 1. The molecule has 0 saturated heterocycles. The summed E-state index contributed by atoms with van der Waals surface area (Å²) in [4.78, 5) is 17.9. The van der Waals surface area contributed by atoms with E-state index in [4.69, 9.17) is 4.98 Å². The van der Waals surface area contributed by atoms with Crippen molar-refractivity contribution in [2.75, 3.05) is 16.7 Å². The van der Waals surface area contributed by atoms with Crippen LogP contribution in [0.1, 0.15) is 27.2 Å². The minimum absolute atomic E-state index is 0.0939. The summed E-state index contributed by atoms with van der Waals surface area (Å²) in [6.45, 7) is 5.92. The molecule has 2 heterocycles. The van der Waals surface area contributed by atoms with Gasteiger partial charge in [0.15, 0.2) is 0 Å². The summed E-state index contributed by atoms with van der Waals surface area (Å²) in [6, 6.07) is 20.6. The van der Waals surface area contributed by atoms with Crippen LogP contribution >= 0.6 is 11.3 Å². The molecule has 0 aliphatic heterocycles. The summed E-state index contributed by atoms with van der Waals surface area (Å²) in [5.41, 5.74) is 4.75. The van der Waals surface area contributed by atoms with E-state index in [-0.39, 0.29) is 10.8 Å². The number of aryl methyl sites for hydroxylation is 3. The number of fused-ring (bicyclic) bond motifs is 1. The van der Waals surface area contributed by atoms with Gasteiger partial charge in [-0.2, -0.15) is 9.78 Å². The van der Waals surface area contributed by atoms with Crippen molar-refractivity contribution in [3.8, 4) is 5.13 Å². The van der Waals surface area contributed by atoms with Crippen LogP contribution in [0, 0.1) is 20.8 Å². The van der Waals surface area contributed by atoms with Crippen LogP contribution in [0.4, 0.5) is 11.5 Å². The normalized spacial score (nSPS) is 11.6. The number of amides is 1. The third-order valence-electron chi connectivity index (χ3n) is 5.97. The van der Waals surface area contributed by atoms with Gasteiger partial charge in [0.25, 0.3) is 15.9 Å². The van der Waals surface area contributed by atoms with Crippen LogP contribution in [0.15, 0.2) is 77.7 Å². The molecule has 5 aromatic rings. The number of hydrogen-bond acceptors (Lipinski definition) is 6. The summed E-state index contributed by atoms with van der Waals surface area (Å²) in [6.07, 6.45) is 0. The zero-order valence-electron chi connectivity index (χ0n) is 20.8. The number of sulfonamides is 1. The van der Waals surface area contributed by atoms with Gasteiger partial charge in [0.1, 0.15) is 5.82 Å². The van der Waals surface area contributed by atoms with Gasteiger partial charge < -0.3 is 5.32 Å². The number of aromatic nitrogens is 3. The molecule has 0 fully saturated rings. The summed E-state index contributed by atoms with van der Waals surface area (Å²) in [7, 11) is -2.27. The Kier molecular flexibility index (Phi) is 6.30. The second-order valence-electron chi connectivity index (χ2n) is 8.79. The monoisotopic (exact) mass is 531 g/mol. The van der Waals surface area contributed by atoms with Gasteiger partial charge in [-0.05, 0) is 74.4 Å². The predicted octanol–water partition coefficient (Wildman–Crippen LogP) is 5.48. The topological polar surface area (TPSA) is 97.2 Å². The Bertz CT molecular complexity index is 1720. The van der Waals surface area contributed by atoms with Crippen molar-refractivity contribution in [1.29, 1.82) is 0 Å². The number of anilines is 2. The van der Waals surface area contributed by atoms with Crippen LogP contribution in [-0.2, 0) is 10.0 Å². The van der Waals surface area contributed by atoms with Crippen molar-refractivity contribution >= 4 is 49.0 Å². The van der Waals surface area contributed by atoms with Crippen molar-refractivity contribution in [1.82, 2.24) is 14.8 Å². The third-order valence-corrected chi connectivity index (χ3v) is 8.75. The van der Waals surface area contributed by atoms with E-state index in [1.54, 1.807) is 35.0 Å². The quantitative estimate of drug-likeness (QED) is 0.313. The molecule has 0 bridgehead atoms. The third kappa shape index (κ3) is 4.73.